The normalized spacial score (nSPS) is 23.4. The summed E-state index contributed by atoms with van der Waals surface area (Å²) < 4.78 is 1.66. The zero-order valence-corrected chi connectivity index (χ0v) is 18.9. The van der Waals surface area contributed by atoms with Gasteiger partial charge in [0.15, 0.2) is 5.82 Å². The molecule has 0 spiro atoms. The molecule has 0 aliphatic carbocycles. The van der Waals surface area contributed by atoms with Crippen LogP contribution in [0.25, 0.3) is 0 Å². The number of para-hydroxylation sites is 1. The van der Waals surface area contributed by atoms with Gasteiger partial charge in [-0.1, -0.05) is 45.9 Å². The van der Waals surface area contributed by atoms with E-state index in [1.165, 1.54) is 4.90 Å². The number of carbonyl (C=O) groups is 2. The van der Waals surface area contributed by atoms with E-state index in [0.717, 1.165) is 5.69 Å². The standard InChI is InChI=1S/C23H30N6O3/c1-15-18(22(2,3)4)28(21(31)32)13-11-23(15,10-12-24)29-14-17(19(25)30)20(27-29)26-16-8-6-5-7-9-16/h5-9,14-15,18H,10-11,13H2,1-4H3,(H2,25,30)(H,26,27)(H,31,32). The van der Waals surface area contributed by atoms with Crippen molar-refractivity contribution in [2.75, 3.05) is 11.9 Å². The number of hydrogen-bond acceptors (Lipinski definition) is 5. The lowest BCUT2D eigenvalue weighted by Gasteiger charge is -2.54. The first-order valence-electron chi connectivity index (χ1n) is 10.6. The summed E-state index contributed by atoms with van der Waals surface area (Å²) >= 11 is 0. The molecule has 4 N–H and O–H groups in total. The van der Waals surface area contributed by atoms with Crippen molar-refractivity contribution in [1.82, 2.24) is 14.7 Å². The number of carbonyl (C=O) groups excluding carboxylic acids is 1. The molecule has 3 unspecified atom stereocenters. The van der Waals surface area contributed by atoms with Crippen LogP contribution >= 0.6 is 0 Å². The Kier molecular flexibility index (Phi) is 6.17. The Balaban J connectivity index is 2.11. The number of nitrogens with one attached hydrogen (secondary N) is 1. The molecular formula is C23H30N6O3. The molecule has 32 heavy (non-hydrogen) atoms. The van der Waals surface area contributed by atoms with E-state index in [-0.39, 0.29) is 35.9 Å². The van der Waals surface area contributed by atoms with Gasteiger partial charge in [-0.15, -0.1) is 0 Å². The molecule has 9 nitrogen and oxygen atoms in total. The molecule has 0 saturated carbocycles. The fraction of sp³-hybridized carbons (Fsp3) is 0.478. The zero-order chi connectivity index (χ0) is 23.7. The Hall–Kier alpha value is -3.54. The molecule has 0 bridgehead atoms. The van der Waals surface area contributed by atoms with Crippen molar-refractivity contribution in [1.29, 1.82) is 5.26 Å². The van der Waals surface area contributed by atoms with E-state index < -0.39 is 17.5 Å². The Morgan fingerprint density at radius 3 is 2.53 bits per heavy atom. The number of primary amides is 1. The summed E-state index contributed by atoms with van der Waals surface area (Å²) in [6.45, 7) is 8.20. The molecule has 3 rings (SSSR count). The maximum Gasteiger partial charge on any atom is 0.407 e. The Bertz CT molecular complexity index is 1040. The second kappa shape index (κ2) is 8.54. The highest BCUT2D eigenvalue weighted by molar-refractivity contribution is 5.98. The van der Waals surface area contributed by atoms with Gasteiger partial charge in [0, 0.05) is 30.4 Å². The maximum atomic E-state index is 12.2. The number of nitriles is 1. The van der Waals surface area contributed by atoms with Crippen molar-refractivity contribution >= 4 is 23.5 Å². The van der Waals surface area contributed by atoms with Gasteiger partial charge in [-0.05, 0) is 24.0 Å². The Morgan fingerprint density at radius 2 is 2.00 bits per heavy atom. The van der Waals surface area contributed by atoms with Gasteiger partial charge in [-0.25, -0.2) is 4.79 Å². The monoisotopic (exact) mass is 438 g/mol. The topological polar surface area (TPSA) is 137 Å². The minimum absolute atomic E-state index is 0.124. The number of rotatable bonds is 5. The minimum Gasteiger partial charge on any atom is -0.465 e. The molecule has 1 aromatic carbocycles. The van der Waals surface area contributed by atoms with Gasteiger partial charge >= 0.3 is 6.09 Å². The van der Waals surface area contributed by atoms with Gasteiger partial charge in [0.05, 0.1) is 18.0 Å². The van der Waals surface area contributed by atoms with Crippen LogP contribution in [-0.2, 0) is 5.54 Å². The van der Waals surface area contributed by atoms with Crippen molar-refractivity contribution in [2.24, 2.45) is 17.1 Å². The van der Waals surface area contributed by atoms with Gasteiger partial charge in [-0.2, -0.15) is 10.4 Å². The largest absolute Gasteiger partial charge is 0.465 e. The van der Waals surface area contributed by atoms with Crippen molar-refractivity contribution in [2.45, 2.75) is 52.1 Å². The SMILES string of the molecule is CC1C(C(C)(C)C)N(C(=O)O)CCC1(CC#N)n1cc(C(N)=O)c(Nc2ccccc2)n1. The third kappa shape index (κ3) is 4.13. The highest BCUT2D eigenvalue weighted by atomic mass is 16.4. The predicted octanol–water partition coefficient (Wildman–Crippen LogP) is 3.77. The van der Waals surface area contributed by atoms with Gasteiger partial charge in [0.25, 0.3) is 5.91 Å². The third-order valence-electron chi connectivity index (χ3n) is 6.43. The molecule has 2 amide bonds. The molecule has 0 radical (unpaired) electrons. The molecule has 9 heteroatoms. The van der Waals surface area contributed by atoms with E-state index in [9.17, 15) is 20.0 Å². The molecule has 1 aliphatic rings. The van der Waals surface area contributed by atoms with Crippen LogP contribution in [0.4, 0.5) is 16.3 Å². The Morgan fingerprint density at radius 1 is 1.34 bits per heavy atom. The first kappa shape index (κ1) is 23.1. The first-order valence-corrected chi connectivity index (χ1v) is 10.6. The number of carboxylic acid groups (broad SMARTS) is 1. The fourth-order valence-corrected chi connectivity index (χ4v) is 5.00. The van der Waals surface area contributed by atoms with E-state index in [0.29, 0.717) is 12.2 Å². The number of nitrogens with two attached hydrogens (primary N) is 1. The number of nitrogens with zero attached hydrogens (tertiary/aromatic N) is 4. The second-order valence-electron chi connectivity index (χ2n) is 9.46. The average Bonchev–Trinajstić information content (AvgIpc) is 3.13. The molecule has 170 valence electrons. The van der Waals surface area contributed by atoms with Crippen LogP contribution in [0, 0.1) is 22.7 Å². The van der Waals surface area contributed by atoms with E-state index in [2.05, 4.69) is 16.5 Å². The molecule has 2 heterocycles. The average molecular weight is 439 g/mol. The maximum absolute atomic E-state index is 12.2. The van der Waals surface area contributed by atoms with Crippen molar-refractivity contribution in [3.05, 3.63) is 42.1 Å². The molecule has 1 saturated heterocycles. The molecule has 3 atom stereocenters. The highest BCUT2D eigenvalue weighted by Gasteiger charge is 2.53. The predicted molar refractivity (Wildman–Crippen MR) is 120 cm³/mol. The number of likely N-dealkylation sites (tertiary alicyclic amines) is 1. The summed E-state index contributed by atoms with van der Waals surface area (Å²) in [5, 5.41) is 27.3. The van der Waals surface area contributed by atoms with Crippen LogP contribution in [0.15, 0.2) is 36.5 Å². The number of piperidine rings is 1. The van der Waals surface area contributed by atoms with E-state index >= 15 is 0 Å². The van der Waals surface area contributed by atoms with Crippen LogP contribution in [0.5, 0.6) is 0 Å². The zero-order valence-electron chi connectivity index (χ0n) is 18.9. The smallest absolute Gasteiger partial charge is 0.407 e. The fourth-order valence-electron chi connectivity index (χ4n) is 5.00. The van der Waals surface area contributed by atoms with Crippen molar-refractivity contribution in [3.8, 4) is 6.07 Å². The van der Waals surface area contributed by atoms with Crippen LogP contribution in [-0.4, -0.2) is 44.4 Å². The minimum atomic E-state index is -0.980. The number of hydrogen-bond donors (Lipinski definition) is 3. The summed E-state index contributed by atoms with van der Waals surface area (Å²) in [6.07, 6.45) is 1.12. The third-order valence-corrected chi connectivity index (χ3v) is 6.43. The first-order chi connectivity index (χ1) is 15.0. The summed E-state index contributed by atoms with van der Waals surface area (Å²) in [5.41, 5.74) is 5.43. The van der Waals surface area contributed by atoms with E-state index in [1.54, 1.807) is 10.9 Å². The number of anilines is 2. The van der Waals surface area contributed by atoms with Crippen LogP contribution in [0.3, 0.4) is 0 Å². The van der Waals surface area contributed by atoms with E-state index in [4.69, 9.17) is 5.73 Å². The van der Waals surface area contributed by atoms with Crippen LogP contribution < -0.4 is 11.1 Å². The lowest BCUT2D eigenvalue weighted by molar-refractivity contribution is -0.0422. The number of amides is 2. The lowest BCUT2D eigenvalue weighted by Crippen LogP contribution is -2.62. The molecule has 2 aromatic rings. The summed E-state index contributed by atoms with van der Waals surface area (Å²) in [5.74, 6) is -0.580. The Labute approximate surface area is 187 Å². The van der Waals surface area contributed by atoms with Gasteiger partial charge in [-0.3, -0.25) is 9.48 Å². The van der Waals surface area contributed by atoms with Gasteiger partial charge < -0.3 is 21.1 Å². The summed E-state index contributed by atoms with van der Waals surface area (Å²) in [6, 6.07) is 11.2. The van der Waals surface area contributed by atoms with Crippen molar-refractivity contribution < 1.29 is 14.7 Å². The van der Waals surface area contributed by atoms with Crippen molar-refractivity contribution in [3.63, 3.8) is 0 Å². The van der Waals surface area contributed by atoms with Gasteiger partial charge in [0.1, 0.15) is 5.56 Å². The summed E-state index contributed by atoms with van der Waals surface area (Å²) in [4.78, 5) is 25.6. The lowest BCUT2D eigenvalue weighted by atomic mass is 9.65. The quantitative estimate of drug-likeness (QED) is 0.650. The second-order valence-corrected chi connectivity index (χ2v) is 9.46. The molecular weight excluding hydrogens is 408 g/mol. The molecule has 1 aromatic heterocycles. The number of benzene rings is 1. The molecule has 1 fully saturated rings. The van der Waals surface area contributed by atoms with Crippen LogP contribution in [0.2, 0.25) is 0 Å². The summed E-state index contributed by atoms with van der Waals surface area (Å²) in [7, 11) is 0. The van der Waals surface area contributed by atoms with Gasteiger partial charge in [0.2, 0.25) is 0 Å². The highest BCUT2D eigenvalue weighted by Crippen LogP contribution is 2.46. The van der Waals surface area contributed by atoms with Crippen LogP contribution in [0.1, 0.15) is 50.9 Å². The number of aromatic nitrogens is 2. The molecule has 1 aliphatic heterocycles. The van der Waals surface area contributed by atoms with E-state index in [1.807, 2.05) is 58.0 Å².